The number of para-hydroxylation sites is 1. The number of halogens is 1. The van der Waals surface area contributed by atoms with Gasteiger partial charge in [-0.3, -0.25) is 9.59 Å². The summed E-state index contributed by atoms with van der Waals surface area (Å²) in [5.74, 6) is -0.653. The highest BCUT2D eigenvalue weighted by atomic mass is 35.5. The normalized spacial score (nSPS) is 13.4. The summed E-state index contributed by atoms with van der Waals surface area (Å²) in [7, 11) is 0. The summed E-state index contributed by atoms with van der Waals surface area (Å²) in [6.07, 6.45) is 1.11. The molecule has 41 heavy (non-hydrogen) atoms. The molecule has 2 unspecified atom stereocenters. The summed E-state index contributed by atoms with van der Waals surface area (Å²) in [4.78, 5) is 43.3. The van der Waals surface area contributed by atoms with E-state index in [0.29, 0.717) is 29.1 Å². The summed E-state index contributed by atoms with van der Waals surface area (Å²) in [5, 5.41) is 6.23. The molecule has 0 aliphatic heterocycles. The number of benzene rings is 2. The van der Waals surface area contributed by atoms with Gasteiger partial charge in [-0.2, -0.15) is 0 Å². The SMILES string of the molecule is CCc1ccc(C(C(=O)Nc2c(C)cccc2Cl)N(C(=O)C(CC(C)C)NC(=O)OC(C)(C)C)C(C)(C)CC)cc1. The highest BCUT2D eigenvalue weighted by Crippen LogP contribution is 2.35. The van der Waals surface area contributed by atoms with Crippen LogP contribution in [0.25, 0.3) is 0 Å². The third-order valence-electron chi connectivity index (χ3n) is 7.13. The van der Waals surface area contributed by atoms with E-state index >= 15 is 0 Å². The molecule has 0 aliphatic carbocycles. The summed E-state index contributed by atoms with van der Waals surface area (Å²) >= 11 is 6.48. The van der Waals surface area contributed by atoms with E-state index in [0.717, 1.165) is 17.5 Å². The van der Waals surface area contributed by atoms with Crippen molar-refractivity contribution in [1.29, 1.82) is 0 Å². The topological polar surface area (TPSA) is 87.7 Å². The van der Waals surface area contributed by atoms with Crippen molar-refractivity contribution in [2.45, 2.75) is 112 Å². The highest BCUT2D eigenvalue weighted by molar-refractivity contribution is 6.34. The number of alkyl carbamates (subject to hydrolysis) is 1. The van der Waals surface area contributed by atoms with Gasteiger partial charge in [-0.05, 0) is 89.5 Å². The van der Waals surface area contributed by atoms with Gasteiger partial charge in [-0.15, -0.1) is 0 Å². The minimum Gasteiger partial charge on any atom is -0.444 e. The minimum atomic E-state index is -0.992. The van der Waals surface area contributed by atoms with Crippen molar-refractivity contribution in [3.8, 4) is 0 Å². The lowest BCUT2D eigenvalue weighted by Crippen LogP contribution is -2.59. The first-order chi connectivity index (χ1) is 19.0. The van der Waals surface area contributed by atoms with Crippen molar-refractivity contribution >= 4 is 35.2 Å². The van der Waals surface area contributed by atoms with Gasteiger partial charge in [0, 0.05) is 5.54 Å². The van der Waals surface area contributed by atoms with E-state index in [1.807, 2.05) is 77.9 Å². The largest absolute Gasteiger partial charge is 0.444 e. The molecule has 2 atom stereocenters. The smallest absolute Gasteiger partial charge is 0.408 e. The molecule has 0 saturated carbocycles. The standard InChI is InChI=1S/C33H48ClN3O4/c1-11-23-16-18-24(19-17-23)28(29(38)36-27-22(5)14-13-15-25(27)34)37(33(9,10)12-2)30(39)26(20-21(3)4)35-31(40)41-32(6,7)8/h13-19,21,26,28H,11-12,20H2,1-10H3,(H,35,40)(H,36,38). The minimum absolute atomic E-state index is 0.0902. The van der Waals surface area contributed by atoms with Crippen molar-refractivity contribution < 1.29 is 19.1 Å². The van der Waals surface area contributed by atoms with Gasteiger partial charge in [0.1, 0.15) is 17.7 Å². The Hall–Kier alpha value is -3.06. The van der Waals surface area contributed by atoms with E-state index in [4.69, 9.17) is 16.3 Å². The number of carbonyl (C=O) groups excluding carboxylic acids is 3. The Bertz CT molecular complexity index is 1180. The van der Waals surface area contributed by atoms with Gasteiger partial charge in [-0.1, -0.05) is 75.7 Å². The average molecular weight is 586 g/mol. The highest BCUT2D eigenvalue weighted by Gasteiger charge is 2.43. The molecule has 0 aliphatic rings. The molecule has 3 amide bonds. The van der Waals surface area contributed by atoms with E-state index < -0.39 is 29.3 Å². The monoisotopic (exact) mass is 585 g/mol. The molecule has 2 aromatic carbocycles. The molecule has 226 valence electrons. The second-order valence-electron chi connectivity index (χ2n) is 12.6. The van der Waals surface area contributed by atoms with Crippen molar-refractivity contribution in [3.63, 3.8) is 0 Å². The van der Waals surface area contributed by atoms with Crippen LogP contribution in [0.3, 0.4) is 0 Å². The number of nitrogens with one attached hydrogen (secondary N) is 2. The molecule has 2 N–H and O–H groups in total. The zero-order valence-electron chi connectivity index (χ0n) is 26.4. The molecule has 8 heteroatoms. The van der Waals surface area contributed by atoms with E-state index in [1.165, 1.54) is 0 Å². The Labute approximate surface area is 251 Å². The van der Waals surface area contributed by atoms with Crippen LogP contribution < -0.4 is 10.6 Å². The molecule has 2 rings (SSSR count). The van der Waals surface area contributed by atoms with Gasteiger partial charge >= 0.3 is 6.09 Å². The Kier molecular flexibility index (Phi) is 11.8. The quantitative estimate of drug-likeness (QED) is 0.281. The molecule has 0 fully saturated rings. The van der Waals surface area contributed by atoms with Crippen LogP contribution in [0.1, 0.15) is 97.9 Å². The van der Waals surface area contributed by atoms with Gasteiger partial charge in [0.15, 0.2) is 0 Å². The van der Waals surface area contributed by atoms with Crippen molar-refractivity contribution in [2.24, 2.45) is 5.92 Å². The van der Waals surface area contributed by atoms with Crippen LogP contribution in [0, 0.1) is 12.8 Å². The number of hydrogen-bond acceptors (Lipinski definition) is 4. The van der Waals surface area contributed by atoms with Crippen molar-refractivity contribution in [1.82, 2.24) is 10.2 Å². The molecule has 7 nitrogen and oxygen atoms in total. The van der Waals surface area contributed by atoms with Crippen molar-refractivity contribution in [2.75, 3.05) is 5.32 Å². The van der Waals surface area contributed by atoms with Gasteiger partial charge < -0.3 is 20.3 Å². The number of aryl methyl sites for hydroxylation is 2. The van der Waals surface area contributed by atoms with E-state index in [9.17, 15) is 14.4 Å². The molecular weight excluding hydrogens is 538 g/mol. The first-order valence-corrected chi connectivity index (χ1v) is 14.9. The van der Waals surface area contributed by atoms with E-state index in [2.05, 4.69) is 17.6 Å². The maximum absolute atomic E-state index is 14.6. The van der Waals surface area contributed by atoms with Crippen LogP contribution in [0.15, 0.2) is 42.5 Å². The summed E-state index contributed by atoms with van der Waals surface area (Å²) < 4.78 is 5.50. The lowest BCUT2D eigenvalue weighted by atomic mass is 9.90. The maximum atomic E-state index is 14.6. The fourth-order valence-corrected chi connectivity index (χ4v) is 4.86. The number of ether oxygens (including phenoxy) is 1. The molecular formula is C33H48ClN3O4. The van der Waals surface area contributed by atoms with Crippen LogP contribution in [0.4, 0.5) is 10.5 Å². The first-order valence-electron chi connectivity index (χ1n) is 14.5. The zero-order valence-corrected chi connectivity index (χ0v) is 27.1. The van der Waals surface area contributed by atoms with E-state index in [1.54, 1.807) is 31.7 Å². The predicted molar refractivity (Wildman–Crippen MR) is 167 cm³/mol. The van der Waals surface area contributed by atoms with Gasteiger partial charge in [0.2, 0.25) is 5.91 Å². The molecule has 0 radical (unpaired) electrons. The third-order valence-corrected chi connectivity index (χ3v) is 7.45. The Morgan fingerprint density at radius 2 is 1.59 bits per heavy atom. The zero-order chi connectivity index (χ0) is 31.1. The fraction of sp³-hybridized carbons (Fsp3) is 0.545. The van der Waals surface area contributed by atoms with Crippen LogP contribution in [0.5, 0.6) is 0 Å². The Morgan fingerprint density at radius 3 is 2.07 bits per heavy atom. The number of anilines is 1. The summed E-state index contributed by atoms with van der Waals surface area (Å²) in [6, 6.07) is 11.3. The predicted octanol–water partition coefficient (Wildman–Crippen LogP) is 7.85. The number of rotatable bonds is 11. The summed E-state index contributed by atoms with van der Waals surface area (Å²) in [5.41, 5.74) is 1.62. The Balaban J connectivity index is 2.69. The summed E-state index contributed by atoms with van der Waals surface area (Å²) in [6.45, 7) is 19.1. The third kappa shape index (κ3) is 9.49. The molecule has 2 aromatic rings. The molecule has 0 bridgehead atoms. The number of amides is 3. The molecule has 0 saturated heterocycles. The number of carbonyl (C=O) groups is 3. The second-order valence-corrected chi connectivity index (χ2v) is 13.0. The number of hydrogen-bond donors (Lipinski definition) is 2. The average Bonchev–Trinajstić information content (AvgIpc) is 2.87. The van der Waals surface area contributed by atoms with Gasteiger partial charge in [-0.25, -0.2) is 4.79 Å². The van der Waals surface area contributed by atoms with Gasteiger partial charge in [0.25, 0.3) is 5.91 Å². The second kappa shape index (κ2) is 14.2. The fourth-order valence-electron chi connectivity index (χ4n) is 4.59. The van der Waals surface area contributed by atoms with Crippen LogP contribution in [0.2, 0.25) is 5.02 Å². The molecule has 0 spiro atoms. The van der Waals surface area contributed by atoms with Crippen LogP contribution >= 0.6 is 11.6 Å². The van der Waals surface area contributed by atoms with Crippen LogP contribution in [-0.2, 0) is 20.7 Å². The molecule has 0 aromatic heterocycles. The van der Waals surface area contributed by atoms with Gasteiger partial charge in [0.05, 0.1) is 10.7 Å². The van der Waals surface area contributed by atoms with Crippen LogP contribution in [-0.4, -0.2) is 40.0 Å². The van der Waals surface area contributed by atoms with Crippen molar-refractivity contribution in [3.05, 3.63) is 64.2 Å². The Morgan fingerprint density at radius 1 is 0.976 bits per heavy atom. The molecule has 0 heterocycles. The first kappa shape index (κ1) is 34.1. The maximum Gasteiger partial charge on any atom is 0.408 e. The lowest BCUT2D eigenvalue weighted by Gasteiger charge is -2.45. The van der Waals surface area contributed by atoms with E-state index in [-0.39, 0.29) is 17.7 Å². The number of nitrogens with zero attached hydrogens (tertiary/aromatic N) is 1. The lowest BCUT2D eigenvalue weighted by molar-refractivity contribution is -0.148.